The smallest absolute Gasteiger partial charge is 0.164 e. The van der Waals surface area contributed by atoms with E-state index in [9.17, 15) is 0 Å². The molecule has 4 nitrogen and oxygen atoms in total. The van der Waals surface area contributed by atoms with Crippen molar-refractivity contribution >= 4 is 64.2 Å². The molecule has 3 aromatic heterocycles. The molecule has 48 heavy (non-hydrogen) atoms. The van der Waals surface area contributed by atoms with Gasteiger partial charge in [0.2, 0.25) is 0 Å². The van der Waals surface area contributed by atoms with Gasteiger partial charge in [-0.05, 0) is 58.3 Å². The first-order valence-electron chi connectivity index (χ1n) is 15.9. The molecule has 0 bridgehead atoms. The van der Waals surface area contributed by atoms with Gasteiger partial charge >= 0.3 is 0 Å². The van der Waals surface area contributed by atoms with E-state index in [1.807, 2.05) is 84.1 Å². The van der Waals surface area contributed by atoms with E-state index in [1.54, 1.807) is 0 Å². The summed E-state index contributed by atoms with van der Waals surface area (Å²) in [6, 6.07) is 52.7. The lowest BCUT2D eigenvalue weighted by Crippen LogP contribution is -2.00. The quantitative estimate of drug-likeness (QED) is 0.194. The lowest BCUT2D eigenvalue weighted by Gasteiger charge is -2.09. The molecule has 0 amide bonds. The molecule has 10 rings (SSSR count). The lowest BCUT2D eigenvalue weighted by atomic mass is 9.97. The van der Waals surface area contributed by atoms with E-state index in [0.717, 1.165) is 49.8 Å². The fraction of sp³-hybridized carbons (Fsp3) is 0. The third-order valence-electron chi connectivity index (χ3n) is 9.13. The molecule has 0 fully saturated rings. The number of benzene rings is 7. The highest BCUT2D eigenvalue weighted by Gasteiger charge is 2.18. The van der Waals surface area contributed by atoms with Crippen LogP contribution < -0.4 is 0 Å². The maximum absolute atomic E-state index is 6.52. The Morgan fingerprint density at radius 1 is 0.396 bits per heavy atom. The number of hydrogen-bond acceptors (Lipinski definition) is 5. The maximum atomic E-state index is 6.52. The molecule has 0 aliphatic heterocycles. The van der Waals surface area contributed by atoms with Crippen molar-refractivity contribution in [3.05, 3.63) is 152 Å². The summed E-state index contributed by atoms with van der Waals surface area (Å²) in [5, 5.41) is 7.19. The molecule has 0 radical (unpaired) electrons. The van der Waals surface area contributed by atoms with E-state index in [2.05, 4.69) is 78.9 Å². The Morgan fingerprint density at radius 3 is 1.83 bits per heavy atom. The molecule has 0 aliphatic carbocycles. The van der Waals surface area contributed by atoms with E-state index < -0.39 is 0 Å². The van der Waals surface area contributed by atoms with E-state index in [-0.39, 0.29) is 0 Å². The molecule has 0 unspecified atom stereocenters. The average Bonchev–Trinajstić information content (AvgIpc) is 3.73. The number of nitrogens with zero attached hydrogens (tertiary/aromatic N) is 3. The minimum atomic E-state index is 0.613. The van der Waals surface area contributed by atoms with Gasteiger partial charge in [-0.1, -0.05) is 115 Å². The summed E-state index contributed by atoms with van der Waals surface area (Å²) in [4.78, 5) is 14.9. The third-order valence-corrected chi connectivity index (χ3v) is 10.3. The van der Waals surface area contributed by atoms with Crippen LogP contribution in [0.3, 0.4) is 0 Å². The van der Waals surface area contributed by atoms with Crippen molar-refractivity contribution in [2.75, 3.05) is 0 Å². The molecule has 0 saturated heterocycles. The number of fused-ring (bicyclic) bond motifs is 8. The first-order chi connectivity index (χ1) is 23.8. The fourth-order valence-corrected chi connectivity index (χ4v) is 7.98. The fourth-order valence-electron chi connectivity index (χ4n) is 6.85. The first-order valence-corrected chi connectivity index (χ1v) is 16.8. The zero-order chi connectivity index (χ0) is 31.6. The Kier molecular flexibility index (Phi) is 6.01. The van der Waals surface area contributed by atoms with Crippen LogP contribution in [0.4, 0.5) is 0 Å². The van der Waals surface area contributed by atoms with Crippen molar-refractivity contribution in [1.82, 2.24) is 15.0 Å². The maximum Gasteiger partial charge on any atom is 0.164 e. The second-order valence-corrected chi connectivity index (χ2v) is 13.1. The molecule has 3 heterocycles. The van der Waals surface area contributed by atoms with Gasteiger partial charge in [0, 0.05) is 47.6 Å². The van der Waals surface area contributed by atoms with Crippen LogP contribution in [0.15, 0.2) is 156 Å². The SMILES string of the molecule is c1ccc(-c2nc(-c3ccccc3)nc(-c3cccc4oc5cc(-c6ccc7c(ccc8sc9ccccc9c87)c6)ccc5c34)n2)cc1. The van der Waals surface area contributed by atoms with E-state index >= 15 is 0 Å². The van der Waals surface area contributed by atoms with Gasteiger partial charge in [-0.3, -0.25) is 0 Å². The van der Waals surface area contributed by atoms with Crippen molar-refractivity contribution in [3.63, 3.8) is 0 Å². The number of rotatable bonds is 4. The van der Waals surface area contributed by atoms with Crippen LogP contribution in [-0.4, -0.2) is 15.0 Å². The zero-order valence-corrected chi connectivity index (χ0v) is 26.4. The van der Waals surface area contributed by atoms with Gasteiger partial charge in [-0.25, -0.2) is 15.0 Å². The number of aromatic nitrogens is 3. The third kappa shape index (κ3) is 4.33. The number of thiophene rings is 1. The minimum absolute atomic E-state index is 0.613. The molecular weight excluding hydrogens is 607 g/mol. The van der Waals surface area contributed by atoms with Crippen LogP contribution in [0.1, 0.15) is 0 Å². The Morgan fingerprint density at radius 2 is 1.06 bits per heavy atom. The molecule has 0 aliphatic rings. The number of hydrogen-bond donors (Lipinski definition) is 0. The predicted molar refractivity (Wildman–Crippen MR) is 199 cm³/mol. The molecule has 0 atom stereocenters. The van der Waals surface area contributed by atoms with Crippen LogP contribution in [0.5, 0.6) is 0 Å². The predicted octanol–water partition coefficient (Wildman–Crippen LogP) is 12.0. The first kappa shape index (κ1) is 27.0. The highest BCUT2D eigenvalue weighted by Crippen LogP contribution is 2.41. The minimum Gasteiger partial charge on any atom is -0.456 e. The van der Waals surface area contributed by atoms with Crippen LogP contribution in [-0.2, 0) is 0 Å². The summed E-state index contributed by atoms with van der Waals surface area (Å²) in [5.41, 5.74) is 6.68. The van der Waals surface area contributed by atoms with Gasteiger partial charge in [0.05, 0.1) is 0 Å². The highest BCUT2D eigenvalue weighted by molar-refractivity contribution is 7.26. The van der Waals surface area contributed by atoms with Crippen molar-refractivity contribution in [1.29, 1.82) is 0 Å². The standard InChI is InChI=1S/C43H25N3OS/c1-3-10-26(11-4-1)41-44-42(27-12-5-2-6-13-27)46-43(45-41)34-15-9-16-35-39(34)32-22-19-29(25-36(32)47-35)28-18-21-31-30(24-28)20-23-38-40(31)33-14-7-8-17-37(33)48-38/h1-25H. The topological polar surface area (TPSA) is 51.8 Å². The summed E-state index contributed by atoms with van der Waals surface area (Å²) < 4.78 is 9.16. The van der Waals surface area contributed by atoms with Crippen LogP contribution in [0, 0.1) is 0 Å². The van der Waals surface area contributed by atoms with Crippen molar-refractivity contribution in [2.24, 2.45) is 0 Å². The number of furan rings is 1. The zero-order valence-electron chi connectivity index (χ0n) is 25.6. The second-order valence-electron chi connectivity index (χ2n) is 12.0. The van der Waals surface area contributed by atoms with Crippen LogP contribution in [0.25, 0.3) is 98.2 Å². The molecule has 0 spiro atoms. The molecule has 10 aromatic rings. The normalized spacial score (nSPS) is 11.8. The Bertz CT molecular complexity index is 2780. The van der Waals surface area contributed by atoms with Crippen LogP contribution in [0.2, 0.25) is 0 Å². The summed E-state index contributed by atoms with van der Waals surface area (Å²) in [6.07, 6.45) is 0. The summed E-state index contributed by atoms with van der Waals surface area (Å²) >= 11 is 1.85. The Hall–Kier alpha value is -6.17. The van der Waals surface area contributed by atoms with E-state index in [4.69, 9.17) is 19.4 Å². The molecule has 0 saturated carbocycles. The van der Waals surface area contributed by atoms with Gasteiger partial charge in [0.25, 0.3) is 0 Å². The summed E-state index contributed by atoms with van der Waals surface area (Å²) in [5.74, 6) is 1.88. The van der Waals surface area contributed by atoms with Crippen molar-refractivity contribution < 1.29 is 4.42 Å². The molecule has 0 N–H and O–H groups in total. The average molecular weight is 632 g/mol. The Labute approximate surface area is 279 Å². The summed E-state index contributed by atoms with van der Waals surface area (Å²) in [6.45, 7) is 0. The van der Waals surface area contributed by atoms with E-state index in [1.165, 1.54) is 30.9 Å². The van der Waals surface area contributed by atoms with Crippen molar-refractivity contribution in [3.8, 4) is 45.3 Å². The summed E-state index contributed by atoms with van der Waals surface area (Å²) in [7, 11) is 0. The lowest BCUT2D eigenvalue weighted by molar-refractivity contribution is 0.669. The van der Waals surface area contributed by atoms with E-state index in [0.29, 0.717) is 17.5 Å². The van der Waals surface area contributed by atoms with Gasteiger partial charge in [-0.15, -0.1) is 11.3 Å². The molecule has 7 aromatic carbocycles. The largest absolute Gasteiger partial charge is 0.456 e. The molecule has 5 heteroatoms. The molecule has 224 valence electrons. The van der Waals surface area contributed by atoms with Crippen molar-refractivity contribution in [2.45, 2.75) is 0 Å². The highest BCUT2D eigenvalue weighted by atomic mass is 32.1. The second kappa shape index (κ2) is 10.7. The van der Waals surface area contributed by atoms with Gasteiger partial charge < -0.3 is 4.42 Å². The van der Waals surface area contributed by atoms with Crippen LogP contribution >= 0.6 is 11.3 Å². The van der Waals surface area contributed by atoms with Gasteiger partial charge in [-0.2, -0.15) is 0 Å². The van der Waals surface area contributed by atoms with Gasteiger partial charge in [0.1, 0.15) is 11.2 Å². The monoisotopic (exact) mass is 631 g/mol. The Balaban J connectivity index is 1.12. The molecular formula is C43H25N3OS. The van der Waals surface area contributed by atoms with Gasteiger partial charge in [0.15, 0.2) is 17.5 Å².